The summed E-state index contributed by atoms with van der Waals surface area (Å²) >= 11 is 0. The van der Waals surface area contributed by atoms with Gasteiger partial charge in [-0.1, -0.05) is 0 Å². The van der Waals surface area contributed by atoms with E-state index in [1.54, 1.807) is 19.4 Å². The molecule has 2 heterocycles. The zero-order valence-electron chi connectivity index (χ0n) is 10.2. The van der Waals surface area contributed by atoms with E-state index in [0.29, 0.717) is 12.5 Å². The lowest BCUT2D eigenvalue weighted by atomic mass is 10.3. The van der Waals surface area contributed by atoms with Crippen molar-refractivity contribution in [3.63, 3.8) is 0 Å². The Morgan fingerprint density at radius 1 is 1.41 bits per heavy atom. The molecule has 2 aromatic heterocycles. The third-order valence-electron chi connectivity index (χ3n) is 2.55. The molecule has 0 aliphatic heterocycles. The van der Waals surface area contributed by atoms with Gasteiger partial charge in [0.1, 0.15) is 5.82 Å². The molecular formula is C11H16N6. The lowest BCUT2D eigenvalue weighted by Gasteiger charge is -2.09. The first-order valence-corrected chi connectivity index (χ1v) is 5.43. The van der Waals surface area contributed by atoms with E-state index in [2.05, 4.69) is 25.7 Å². The molecule has 0 spiro atoms. The Morgan fingerprint density at radius 3 is 2.88 bits per heavy atom. The monoisotopic (exact) mass is 232 g/mol. The number of aromatic nitrogens is 4. The molecule has 0 saturated carbocycles. The van der Waals surface area contributed by atoms with E-state index in [9.17, 15) is 0 Å². The summed E-state index contributed by atoms with van der Waals surface area (Å²) in [6, 6.07) is 1.97. The van der Waals surface area contributed by atoms with Crippen molar-refractivity contribution in [3.05, 3.63) is 29.7 Å². The topological polar surface area (TPSA) is 67.7 Å². The average molecular weight is 232 g/mol. The fraction of sp³-hybridized carbons (Fsp3) is 0.364. The highest BCUT2D eigenvalue weighted by atomic mass is 15.3. The van der Waals surface area contributed by atoms with Crippen molar-refractivity contribution in [2.75, 3.05) is 17.7 Å². The van der Waals surface area contributed by atoms with E-state index in [0.717, 1.165) is 17.1 Å². The number of anilines is 2. The smallest absolute Gasteiger partial charge is 0.224 e. The van der Waals surface area contributed by atoms with Gasteiger partial charge in [0.25, 0.3) is 0 Å². The quantitative estimate of drug-likeness (QED) is 0.828. The molecule has 0 saturated heterocycles. The van der Waals surface area contributed by atoms with Crippen LogP contribution in [0.1, 0.15) is 11.3 Å². The number of nitrogens with one attached hydrogen (secondary N) is 2. The van der Waals surface area contributed by atoms with Crippen LogP contribution in [0.5, 0.6) is 0 Å². The molecule has 0 aliphatic rings. The largest absolute Gasteiger partial charge is 0.364 e. The number of nitrogens with zero attached hydrogens (tertiary/aromatic N) is 4. The number of hydrogen-bond acceptors (Lipinski definition) is 5. The summed E-state index contributed by atoms with van der Waals surface area (Å²) in [5.41, 5.74) is 2.13. The molecule has 90 valence electrons. The molecule has 0 fully saturated rings. The van der Waals surface area contributed by atoms with E-state index in [4.69, 9.17) is 0 Å². The first kappa shape index (κ1) is 11.4. The van der Waals surface area contributed by atoms with Crippen LogP contribution < -0.4 is 10.6 Å². The fourth-order valence-corrected chi connectivity index (χ4v) is 1.49. The average Bonchev–Trinajstić information content (AvgIpc) is 2.74. The van der Waals surface area contributed by atoms with Gasteiger partial charge < -0.3 is 10.6 Å². The maximum absolute atomic E-state index is 4.36. The van der Waals surface area contributed by atoms with Gasteiger partial charge in [0.2, 0.25) is 5.95 Å². The predicted octanol–water partition coefficient (Wildman–Crippen LogP) is 1.17. The molecule has 0 radical (unpaired) electrons. The Kier molecular flexibility index (Phi) is 3.22. The van der Waals surface area contributed by atoms with Gasteiger partial charge >= 0.3 is 0 Å². The van der Waals surface area contributed by atoms with Gasteiger partial charge in [-0.3, -0.25) is 4.68 Å². The van der Waals surface area contributed by atoms with E-state index < -0.39 is 0 Å². The van der Waals surface area contributed by atoms with Crippen LogP contribution in [0.2, 0.25) is 0 Å². The second-order valence-electron chi connectivity index (χ2n) is 3.77. The van der Waals surface area contributed by atoms with Crippen LogP contribution in [0.25, 0.3) is 0 Å². The lowest BCUT2D eigenvalue weighted by molar-refractivity contribution is 0.719. The summed E-state index contributed by atoms with van der Waals surface area (Å²) in [6.45, 7) is 2.67. The minimum atomic E-state index is 0.614. The zero-order valence-corrected chi connectivity index (χ0v) is 10.2. The highest BCUT2D eigenvalue weighted by Gasteiger charge is 2.04. The van der Waals surface area contributed by atoms with Crippen LogP contribution in [0, 0.1) is 6.92 Å². The predicted molar refractivity (Wildman–Crippen MR) is 66.9 cm³/mol. The Labute approximate surface area is 100 Å². The van der Waals surface area contributed by atoms with Crippen molar-refractivity contribution in [3.8, 4) is 0 Å². The van der Waals surface area contributed by atoms with Crippen molar-refractivity contribution < 1.29 is 0 Å². The molecule has 0 aromatic carbocycles. The van der Waals surface area contributed by atoms with E-state index in [1.807, 2.05) is 24.7 Å². The van der Waals surface area contributed by atoms with Crippen molar-refractivity contribution in [2.24, 2.45) is 7.05 Å². The van der Waals surface area contributed by atoms with Crippen LogP contribution in [0.15, 0.2) is 18.5 Å². The third-order valence-corrected chi connectivity index (χ3v) is 2.55. The van der Waals surface area contributed by atoms with Crippen molar-refractivity contribution in [1.29, 1.82) is 0 Å². The summed E-state index contributed by atoms with van der Waals surface area (Å²) in [6.07, 6.45) is 3.58. The molecule has 2 N–H and O–H groups in total. The molecule has 17 heavy (non-hydrogen) atoms. The molecular weight excluding hydrogens is 216 g/mol. The van der Waals surface area contributed by atoms with E-state index in [-0.39, 0.29) is 0 Å². The Balaban J connectivity index is 2.11. The first-order valence-electron chi connectivity index (χ1n) is 5.43. The molecule has 6 heteroatoms. The van der Waals surface area contributed by atoms with E-state index in [1.165, 1.54) is 0 Å². The van der Waals surface area contributed by atoms with Gasteiger partial charge in [-0.2, -0.15) is 10.1 Å². The summed E-state index contributed by atoms with van der Waals surface area (Å²) in [5, 5.41) is 10.3. The first-order chi connectivity index (χ1) is 8.20. The standard InChI is InChI=1S/C11H16N6/c1-8-6-14-11(12-2)16-10(8)13-7-9-4-5-15-17(9)3/h4-6H,7H2,1-3H3,(H2,12,13,14,16). The summed E-state index contributed by atoms with van der Waals surface area (Å²) in [5.74, 6) is 1.45. The van der Waals surface area contributed by atoms with Gasteiger partial charge in [-0.15, -0.1) is 0 Å². The molecule has 6 nitrogen and oxygen atoms in total. The van der Waals surface area contributed by atoms with Crippen LogP contribution in [0.4, 0.5) is 11.8 Å². The normalized spacial score (nSPS) is 10.3. The Morgan fingerprint density at radius 2 is 2.24 bits per heavy atom. The van der Waals surface area contributed by atoms with Gasteiger partial charge in [-0.05, 0) is 13.0 Å². The molecule has 2 aromatic rings. The van der Waals surface area contributed by atoms with Crippen molar-refractivity contribution in [2.45, 2.75) is 13.5 Å². The fourth-order valence-electron chi connectivity index (χ4n) is 1.49. The number of aryl methyl sites for hydroxylation is 2. The van der Waals surface area contributed by atoms with Gasteiger partial charge in [-0.25, -0.2) is 4.98 Å². The van der Waals surface area contributed by atoms with E-state index >= 15 is 0 Å². The molecule has 0 atom stereocenters. The lowest BCUT2D eigenvalue weighted by Crippen LogP contribution is -2.09. The molecule has 0 aliphatic carbocycles. The summed E-state index contributed by atoms with van der Waals surface area (Å²) in [4.78, 5) is 8.50. The third kappa shape index (κ3) is 2.52. The zero-order chi connectivity index (χ0) is 12.3. The minimum absolute atomic E-state index is 0.614. The summed E-state index contributed by atoms with van der Waals surface area (Å²) in [7, 11) is 3.72. The van der Waals surface area contributed by atoms with Crippen LogP contribution in [0.3, 0.4) is 0 Å². The second-order valence-corrected chi connectivity index (χ2v) is 3.77. The van der Waals surface area contributed by atoms with Gasteiger partial charge in [0.05, 0.1) is 12.2 Å². The number of rotatable bonds is 4. The van der Waals surface area contributed by atoms with Crippen LogP contribution in [-0.4, -0.2) is 26.8 Å². The van der Waals surface area contributed by atoms with Crippen molar-refractivity contribution >= 4 is 11.8 Å². The maximum Gasteiger partial charge on any atom is 0.224 e. The van der Waals surface area contributed by atoms with Gasteiger partial charge in [0, 0.05) is 32.1 Å². The highest BCUT2D eigenvalue weighted by Crippen LogP contribution is 2.13. The van der Waals surface area contributed by atoms with Gasteiger partial charge in [0.15, 0.2) is 0 Å². The second kappa shape index (κ2) is 4.82. The highest BCUT2D eigenvalue weighted by molar-refractivity contribution is 5.46. The van der Waals surface area contributed by atoms with Crippen molar-refractivity contribution in [1.82, 2.24) is 19.7 Å². The molecule has 0 amide bonds. The summed E-state index contributed by atoms with van der Waals surface area (Å²) < 4.78 is 1.84. The SMILES string of the molecule is CNc1ncc(C)c(NCc2ccnn2C)n1. The molecule has 0 unspecified atom stereocenters. The minimum Gasteiger partial charge on any atom is -0.364 e. The molecule has 0 bridgehead atoms. The molecule has 2 rings (SSSR count). The Bertz CT molecular complexity index is 504. The maximum atomic E-state index is 4.36. The Hall–Kier alpha value is -2.11. The van der Waals surface area contributed by atoms with Crippen LogP contribution >= 0.6 is 0 Å². The number of hydrogen-bond donors (Lipinski definition) is 2. The van der Waals surface area contributed by atoms with Crippen LogP contribution in [-0.2, 0) is 13.6 Å².